The van der Waals surface area contributed by atoms with E-state index in [4.69, 9.17) is 19.1 Å². The molecular weight excluding hydrogens is 386 g/mol. The summed E-state index contributed by atoms with van der Waals surface area (Å²) in [6, 6.07) is 0. The van der Waals surface area contributed by atoms with Gasteiger partial charge in [-0.15, -0.1) is 0 Å². The number of hydrogen-bond donors (Lipinski definition) is 0. The summed E-state index contributed by atoms with van der Waals surface area (Å²) >= 11 is -0.106. The third-order valence-corrected chi connectivity index (χ3v) is 0. The second-order valence-corrected chi connectivity index (χ2v) is 2.41. The Balaban J connectivity index is 0. The van der Waals surface area contributed by atoms with Crippen LogP contribution in [0, 0.1) is 0 Å². The zero-order valence-corrected chi connectivity index (χ0v) is 10.3. The molecule has 0 saturated heterocycles. The molecule has 0 aliphatic rings. The predicted octanol–water partition coefficient (Wildman–Crippen LogP) is 0.193. The summed E-state index contributed by atoms with van der Waals surface area (Å²) in [5.74, 6) is 0. The van der Waals surface area contributed by atoms with Crippen LogP contribution in [0.2, 0.25) is 0 Å². The topological polar surface area (TPSA) is 0 Å². The van der Waals surface area contributed by atoms with Gasteiger partial charge in [-0.25, -0.2) is 0 Å². The van der Waals surface area contributed by atoms with Crippen LogP contribution in [0.1, 0.15) is 0 Å². The van der Waals surface area contributed by atoms with Crippen molar-refractivity contribution in [2.75, 3.05) is 0 Å². The van der Waals surface area contributed by atoms with Gasteiger partial charge >= 0.3 is 61.2 Å². The molecule has 0 aromatic heterocycles. The first-order chi connectivity index (χ1) is 1.41. The minimum absolute atomic E-state index is 0. The van der Waals surface area contributed by atoms with Crippen LogP contribution < -0.4 is 0 Å². The van der Waals surface area contributed by atoms with Crippen LogP contribution in [-0.2, 0) is 15.9 Å². The Morgan fingerprint density at radius 2 is 1.25 bits per heavy atom. The summed E-state index contributed by atoms with van der Waals surface area (Å²) in [7, 11) is 9.63. The first-order valence-electron chi connectivity index (χ1n) is 0.239. The molecule has 0 rings (SSSR count). The molecule has 32 valence electrons. The van der Waals surface area contributed by atoms with E-state index >= 15 is 0 Å². The van der Waals surface area contributed by atoms with E-state index in [-0.39, 0.29) is 42.1 Å². The first kappa shape index (κ1) is 9.45. The van der Waals surface area contributed by atoms with E-state index in [0.717, 1.165) is 0 Å². The van der Waals surface area contributed by atoms with Crippen molar-refractivity contribution in [1.29, 1.82) is 0 Å². The van der Waals surface area contributed by atoms with Gasteiger partial charge in [0.1, 0.15) is 0 Å². The number of rotatable bonds is 0. The third kappa shape index (κ3) is 8.92. The van der Waals surface area contributed by atoms with Gasteiger partial charge in [0.25, 0.3) is 0 Å². The average molecular weight is 389 g/mol. The van der Waals surface area contributed by atoms with Crippen LogP contribution in [0.25, 0.3) is 0 Å². The van der Waals surface area contributed by atoms with E-state index in [1.54, 1.807) is 0 Å². The van der Waals surface area contributed by atoms with Gasteiger partial charge < -0.3 is 0 Å². The molecule has 0 aliphatic carbocycles. The van der Waals surface area contributed by atoms with Crippen molar-refractivity contribution in [3.05, 3.63) is 0 Å². The Bertz CT molecular complexity index is 6.00. The molecule has 0 aromatic rings. The van der Waals surface area contributed by atoms with Gasteiger partial charge in [0.2, 0.25) is 0 Å². The van der Waals surface area contributed by atoms with E-state index in [1.165, 1.54) is 0 Å². The molecule has 0 amide bonds. The van der Waals surface area contributed by atoms with Crippen LogP contribution in [0.15, 0.2) is 0 Å². The number of hydrogen-bond acceptors (Lipinski definition) is 0. The van der Waals surface area contributed by atoms with Crippen LogP contribution in [0.3, 0.4) is 0 Å². The Morgan fingerprint density at radius 1 is 1.25 bits per heavy atom. The summed E-state index contributed by atoms with van der Waals surface area (Å²) in [6.07, 6.45) is 0. The van der Waals surface area contributed by atoms with Crippen molar-refractivity contribution >= 4 is 45.3 Å². The molecule has 0 fully saturated rings. The van der Waals surface area contributed by atoms with Crippen molar-refractivity contribution in [1.82, 2.24) is 0 Å². The second-order valence-electron chi connectivity index (χ2n) is 0.0452. The molecule has 4 heteroatoms. The van der Waals surface area contributed by atoms with Crippen LogP contribution >= 0.6 is 19.1 Å². The fourth-order valence-electron chi connectivity index (χ4n) is 0. The summed E-state index contributed by atoms with van der Waals surface area (Å²) in [5, 5.41) is 0. The maximum atomic E-state index is 4.81. The Morgan fingerprint density at radius 3 is 1.25 bits per heavy atom. The van der Waals surface area contributed by atoms with Crippen LogP contribution in [0.5, 0.6) is 0 Å². The van der Waals surface area contributed by atoms with Gasteiger partial charge in [-0.2, -0.15) is 0 Å². The van der Waals surface area contributed by atoms with E-state index in [0.29, 0.717) is 0 Å². The van der Waals surface area contributed by atoms with Gasteiger partial charge in [-0.05, 0) is 0 Å². The van der Waals surface area contributed by atoms with Crippen molar-refractivity contribution in [2.45, 2.75) is 0 Å². The Kier molecular flexibility index (Phi) is 21.1. The molecule has 4 heavy (non-hydrogen) atoms. The zero-order chi connectivity index (χ0) is 2.71. The maximum absolute atomic E-state index is 4.81. The monoisotopic (exact) mass is 388 g/mol. The van der Waals surface area contributed by atoms with Gasteiger partial charge in [0.15, 0.2) is 0 Å². The normalized spacial score (nSPS) is 5.50. The molecule has 0 spiro atoms. The molecule has 0 N–H and O–H groups in total. The Hall–Kier alpha value is 2.13. The molecular formula is H3BiCl2Pd. The molecule has 0 unspecified atom stereocenters. The van der Waals surface area contributed by atoms with Crippen LogP contribution in [0.4, 0.5) is 0 Å². The minimum atomic E-state index is -0.106. The van der Waals surface area contributed by atoms with Gasteiger partial charge in [-0.1, -0.05) is 0 Å². The Labute approximate surface area is 60.5 Å². The molecule has 0 saturated carbocycles. The van der Waals surface area contributed by atoms with E-state index < -0.39 is 0 Å². The molecule has 0 atom stereocenters. The summed E-state index contributed by atoms with van der Waals surface area (Å²) in [6.45, 7) is 0. The van der Waals surface area contributed by atoms with Crippen molar-refractivity contribution < 1.29 is 15.9 Å². The second kappa shape index (κ2) is 8.93. The van der Waals surface area contributed by atoms with Crippen molar-refractivity contribution in [2.24, 2.45) is 0 Å². The van der Waals surface area contributed by atoms with Gasteiger partial charge in [0.05, 0.1) is 0 Å². The summed E-state index contributed by atoms with van der Waals surface area (Å²) < 4.78 is 0. The fourth-order valence-corrected chi connectivity index (χ4v) is 0. The van der Waals surface area contributed by atoms with Gasteiger partial charge in [-0.3, -0.25) is 0 Å². The molecule has 0 radical (unpaired) electrons. The predicted molar refractivity (Wildman–Crippen MR) is 21.6 cm³/mol. The zero-order valence-electron chi connectivity index (χ0n) is 1.78. The first-order valence-corrected chi connectivity index (χ1v) is 4.24. The van der Waals surface area contributed by atoms with E-state index in [9.17, 15) is 0 Å². The van der Waals surface area contributed by atoms with Crippen LogP contribution in [-0.4, -0.2) is 26.2 Å². The quantitative estimate of drug-likeness (QED) is 0.519. The number of halogens is 2. The molecule has 0 aromatic carbocycles. The third-order valence-electron chi connectivity index (χ3n) is 0. The van der Waals surface area contributed by atoms with Gasteiger partial charge in [0, 0.05) is 0 Å². The standard InChI is InChI=1S/Bi.2ClH.Pd.3H/h;2*1H;;;;/q;;;+2;;;/p-2. The fraction of sp³-hybridized carbons (Fsp3) is 0. The SMILES string of the molecule is [BiH3].[Cl][Pd][Cl]. The molecule has 0 bridgehead atoms. The molecule has 0 aliphatic heterocycles. The van der Waals surface area contributed by atoms with Crippen molar-refractivity contribution in [3.63, 3.8) is 0 Å². The van der Waals surface area contributed by atoms with E-state index in [2.05, 4.69) is 0 Å². The van der Waals surface area contributed by atoms with Crippen molar-refractivity contribution in [3.8, 4) is 0 Å². The van der Waals surface area contributed by atoms with E-state index in [1.807, 2.05) is 0 Å². The summed E-state index contributed by atoms with van der Waals surface area (Å²) in [4.78, 5) is 0. The molecule has 0 heterocycles. The summed E-state index contributed by atoms with van der Waals surface area (Å²) in [5.41, 5.74) is 0. The average Bonchev–Trinajstić information content (AvgIpc) is 0.918. The molecule has 0 nitrogen and oxygen atoms in total.